The second kappa shape index (κ2) is 5.97. The van der Waals surface area contributed by atoms with E-state index >= 15 is 0 Å². The van der Waals surface area contributed by atoms with Gasteiger partial charge in [0.2, 0.25) is 0 Å². The summed E-state index contributed by atoms with van der Waals surface area (Å²) in [4.78, 5) is 17.4. The normalized spacial score (nSPS) is 19.0. The van der Waals surface area contributed by atoms with E-state index in [4.69, 9.17) is 0 Å². The Labute approximate surface area is 146 Å². The highest BCUT2D eigenvalue weighted by molar-refractivity contribution is 5.99. The van der Waals surface area contributed by atoms with Gasteiger partial charge in [-0.05, 0) is 42.7 Å². The number of amides is 1. The molecule has 2 atom stereocenters. The van der Waals surface area contributed by atoms with Crippen molar-refractivity contribution in [3.8, 4) is 0 Å². The molecule has 0 aliphatic heterocycles. The quantitative estimate of drug-likeness (QED) is 0.757. The summed E-state index contributed by atoms with van der Waals surface area (Å²) in [5.74, 6) is -0.201. The Morgan fingerprint density at radius 3 is 2.80 bits per heavy atom. The van der Waals surface area contributed by atoms with Crippen LogP contribution in [0.3, 0.4) is 0 Å². The van der Waals surface area contributed by atoms with Crippen LogP contribution < -0.4 is 5.32 Å². The van der Waals surface area contributed by atoms with Crippen molar-refractivity contribution < 1.29 is 9.90 Å². The first-order valence-corrected chi connectivity index (χ1v) is 8.47. The molecule has 3 aromatic rings. The monoisotopic (exact) mass is 332 g/mol. The number of aryl methyl sites for hydroxylation is 2. The van der Waals surface area contributed by atoms with Crippen molar-refractivity contribution in [3.05, 3.63) is 76.5 Å². The molecule has 2 aromatic carbocycles. The fraction of sp³-hybridized carbons (Fsp3) is 0.238. The molecule has 0 spiro atoms. The Bertz CT molecular complexity index is 981. The second-order valence-corrected chi connectivity index (χ2v) is 6.74. The minimum atomic E-state index is -0.599. The number of fused-ring (bicyclic) bond motifs is 2. The molecule has 2 N–H and O–H groups in total. The number of nitrogens with zero attached hydrogens (tertiary/aromatic N) is 1. The lowest BCUT2D eigenvalue weighted by atomic mass is 10.0. The van der Waals surface area contributed by atoms with Gasteiger partial charge in [0.15, 0.2) is 0 Å². The number of carbonyl (C=O) groups excluding carboxylic acids is 1. The van der Waals surface area contributed by atoms with Crippen molar-refractivity contribution in [2.24, 2.45) is 0 Å². The standard InChI is InChI=1S/C21H20N2O2/c1-12-7-8-15-10-17(13(2)22-18(15)9-12)21(25)23-20-16-6-4-3-5-14(16)11-19(20)24/h3-10,19-20,24H,11H2,1-2H3,(H,23,25)/t19-,20+/m1/s1. The van der Waals surface area contributed by atoms with E-state index in [9.17, 15) is 9.90 Å². The summed E-state index contributed by atoms with van der Waals surface area (Å²) >= 11 is 0. The zero-order valence-corrected chi connectivity index (χ0v) is 14.3. The van der Waals surface area contributed by atoms with Crippen molar-refractivity contribution in [2.45, 2.75) is 32.4 Å². The summed E-state index contributed by atoms with van der Waals surface area (Å²) in [5, 5.41) is 14.3. The highest BCUT2D eigenvalue weighted by Gasteiger charge is 2.32. The van der Waals surface area contributed by atoms with Crippen molar-refractivity contribution >= 4 is 16.8 Å². The van der Waals surface area contributed by atoms with E-state index in [1.54, 1.807) is 0 Å². The van der Waals surface area contributed by atoms with Gasteiger partial charge in [-0.15, -0.1) is 0 Å². The predicted octanol–water partition coefficient (Wildman–Crippen LogP) is 3.24. The summed E-state index contributed by atoms with van der Waals surface area (Å²) in [6, 6.07) is 15.3. The van der Waals surface area contributed by atoms with Crippen LogP contribution in [0.1, 0.15) is 38.8 Å². The summed E-state index contributed by atoms with van der Waals surface area (Å²) in [7, 11) is 0. The number of aliphatic hydroxyl groups is 1. The van der Waals surface area contributed by atoms with E-state index in [0.717, 1.165) is 27.6 Å². The number of carbonyl (C=O) groups is 1. The van der Waals surface area contributed by atoms with Crippen LogP contribution in [0.2, 0.25) is 0 Å². The predicted molar refractivity (Wildman–Crippen MR) is 97.6 cm³/mol. The van der Waals surface area contributed by atoms with Crippen LogP contribution in [0.5, 0.6) is 0 Å². The molecule has 0 saturated heterocycles. The summed E-state index contributed by atoms with van der Waals surface area (Å²) < 4.78 is 0. The average Bonchev–Trinajstić information content (AvgIpc) is 2.90. The van der Waals surface area contributed by atoms with Gasteiger partial charge < -0.3 is 10.4 Å². The van der Waals surface area contributed by atoms with Crippen LogP contribution in [0.15, 0.2) is 48.5 Å². The molecule has 4 nitrogen and oxygen atoms in total. The molecule has 1 aromatic heterocycles. The molecule has 4 rings (SSSR count). The van der Waals surface area contributed by atoms with Gasteiger partial charge in [-0.3, -0.25) is 9.78 Å². The summed E-state index contributed by atoms with van der Waals surface area (Å²) in [6.45, 7) is 3.87. The van der Waals surface area contributed by atoms with Crippen molar-refractivity contribution in [2.75, 3.05) is 0 Å². The van der Waals surface area contributed by atoms with Gasteiger partial charge in [-0.2, -0.15) is 0 Å². The SMILES string of the molecule is Cc1ccc2cc(C(=O)N[C@H]3c4ccccc4C[C@H]3O)c(C)nc2c1. The number of benzene rings is 2. The maximum absolute atomic E-state index is 12.8. The van der Waals surface area contributed by atoms with E-state index in [-0.39, 0.29) is 11.9 Å². The van der Waals surface area contributed by atoms with E-state index < -0.39 is 6.10 Å². The van der Waals surface area contributed by atoms with Gasteiger partial charge in [0, 0.05) is 11.8 Å². The van der Waals surface area contributed by atoms with Crippen LogP contribution in [0, 0.1) is 13.8 Å². The average molecular weight is 332 g/mol. The maximum Gasteiger partial charge on any atom is 0.253 e. The molecule has 0 unspecified atom stereocenters. The molecule has 126 valence electrons. The van der Waals surface area contributed by atoms with Gasteiger partial charge in [0.25, 0.3) is 5.91 Å². The molecule has 25 heavy (non-hydrogen) atoms. The maximum atomic E-state index is 12.8. The van der Waals surface area contributed by atoms with E-state index in [1.165, 1.54) is 0 Å². The number of aromatic nitrogens is 1. The third kappa shape index (κ3) is 2.79. The van der Waals surface area contributed by atoms with Gasteiger partial charge in [-0.1, -0.05) is 36.4 Å². The van der Waals surface area contributed by atoms with Gasteiger partial charge in [0.1, 0.15) is 0 Å². The number of pyridine rings is 1. The van der Waals surface area contributed by atoms with Crippen LogP contribution >= 0.6 is 0 Å². The summed E-state index contributed by atoms with van der Waals surface area (Å²) in [5.41, 5.74) is 5.35. The smallest absolute Gasteiger partial charge is 0.253 e. The van der Waals surface area contributed by atoms with Gasteiger partial charge in [-0.25, -0.2) is 0 Å². The Kier molecular flexibility index (Phi) is 3.77. The first-order chi connectivity index (χ1) is 12.0. The largest absolute Gasteiger partial charge is 0.390 e. The zero-order valence-electron chi connectivity index (χ0n) is 14.3. The molecule has 1 aliphatic rings. The first-order valence-electron chi connectivity index (χ1n) is 8.47. The highest BCUT2D eigenvalue weighted by Crippen LogP contribution is 2.31. The van der Waals surface area contributed by atoms with Crippen LogP contribution in [0.25, 0.3) is 10.9 Å². The molecule has 1 heterocycles. The third-order valence-electron chi connectivity index (χ3n) is 4.90. The van der Waals surface area contributed by atoms with E-state index in [1.807, 2.05) is 62.4 Å². The molecule has 0 bridgehead atoms. The minimum Gasteiger partial charge on any atom is -0.390 e. The minimum absolute atomic E-state index is 0.201. The lowest BCUT2D eigenvalue weighted by Gasteiger charge is -2.18. The topological polar surface area (TPSA) is 62.2 Å². The van der Waals surface area contributed by atoms with Crippen LogP contribution in [-0.2, 0) is 6.42 Å². The fourth-order valence-electron chi connectivity index (χ4n) is 3.57. The molecular formula is C21H20N2O2. The Morgan fingerprint density at radius 2 is 1.96 bits per heavy atom. The molecule has 1 aliphatic carbocycles. The third-order valence-corrected chi connectivity index (χ3v) is 4.90. The number of nitrogens with one attached hydrogen (secondary N) is 1. The van der Waals surface area contributed by atoms with Crippen molar-refractivity contribution in [1.82, 2.24) is 10.3 Å². The number of hydrogen-bond acceptors (Lipinski definition) is 3. The van der Waals surface area contributed by atoms with Crippen molar-refractivity contribution in [3.63, 3.8) is 0 Å². The van der Waals surface area contributed by atoms with E-state index in [0.29, 0.717) is 17.7 Å². The number of hydrogen-bond donors (Lipinski definition) is 2. The zero-order chi connectivity index (χ0) is 17.6. The number of rotatable bonds is 2. The molecular weight excluding hydrogens is 312 g/mol. The molecule has 4 heteroatoms. The lowest BCUT2D eigenvalue weighted by Crippen LogP contribution is -2.34. The molecule has 1 amide bonds. The van der Waals surface area contributed by atoms with Crippen LogP contribution in [0.4, 0.5) is 0 Å². The Hall–Kier alpha value is -2.72. The Balaban J connectivity index is 1.66. The lowest BCUT2D eigenvalue weighted by molar-refractivity contribution is 0.0857. The van der Waals surface area contributed by atoms with Crippen molar-refractivity contribution in [1.29, 1.82) is 0 Å². The van der Waals surface area contributed by atoms with E-state index in [2.05, 4.69) is 10.3 Å². The molecule has 0 fully saturated rings. The second-order valence-electron chi connectivity index (χ2n) is 6.74. The van der Waals surface area contributed by atoms with Gasteiger partial charge >= 0.3 is 0 Å². The van der Waals surface area contributed by atoms with Gasteiger partial charge in [0.05, 0.1) is 28.9 Å². The molecule has 0 saturated carbocycles. The summed E-state index contributed by atoms with van der Waals surface area (Å²) in [6.07, 6.45) is -0.0345. The fourth-order valence-corrected chi connectivity index (χ4v) is 3.57. The first kappa shape index (κ1) is 15.8. The molecule has 0 radical (unpaired) electrons. The highest BCUT2D eigenvalue weighted by atomic mass is 16.3. The van der Waals surface area contributed by atoms with Crippen LogP contribution in [-0.4, -0.2) is 22.1 Å². The Morgan fingerprint density at radius 1 is 1.16 bits per heavy atom. The number of aliphatic hydroxyl groups excluding tert-OH is 1.